The Labute approximate surface area is 109 Å². The van der Waals surface area contributed by atoms with Gasteiger partial charge in [0.25, 0.3) is 0 Å². The van der Waals surface area contributed by atoms with Gasteiger partial charge < -0.3 is 10.6 Å². The van der Waals surface area contributed by atoms with E-state index in [1.807, 2.05) is 18.2 Å². The van der Waals surface area contributed by atoms with Crippen LogP contribution in [-0.4, -0.2) is 12.5 Å². The van der Waals surface area contributed by atoms with Gasteiger partial charge in [-0.15, -0.1) is 0 Å². The lowest BCUT2D eigenvalue weighted by Gasteiger charge is -2.12. The molecule has 1 unspecified atom stereocenters. The number of rotatable bonds is 5. The zero-order chi connectivity index (χ0) is 13.2. The number of hydrogen-bond donors (Lipinski definition) is 2. The number of carbonyl (C=O) groups is 1. The zero-order valence-electron chi connectivity index (χ0n) is 11.4. The molecule has 2 rings (SSSR count). The second kappa shape index (κ2) is 5.11. The van der Waals surface area contributed by atoms with E-state index < -0.39 is 0 Å². The van der Waals surface area contributed by atoms with Gasteiger partial charge in [-0.2, -0.15) is 0 Å². The van der Waals surface area contributed by atoms with Crippen LogP contribution < -0.4 is 10.6 Å². The lowest BCUT2D eigenvalue weighted by molar-refractivity contribution is -0.118. The van der Waals surface area contributed by atoms with Crippen LogP contribution in [-0.2, 0) is 11.3 Å². The summed E-state index contributed by atoms with van der Waals surface area (Å²) in [5.41, 5.74) is 2.26. The number of benzene rings is 1. The fraction of sp³-hybridized carbons (Fsp3) is 0.533. The average Bonchev–Trinajstić information content (AvgIpc) is 2.97. The van der Waals surface area contributed by atoms with E-state index >= 15 is 0 Å². The molecule has 98 valence electrons. The standard InChI is InChI=1S/C15H22N2O/c1-4-16-10-11-7-5-6-8-13(11)17-14(18)12-9-15(12,2)3/h5-8,12,16H,4,9-10H2,1-3H3,(H,17,18). The van der Waals surface area contributed by atoms with Crippen LogP contribution in [0.3, 0.4) is 0 Å². The molecule has 0 aliphatic heterocycles. The third-order valence-corrected chi connectivity index (χ3v) is 3.67. The van der Waals surface area contributed by atoms with E-state index in [1.165, 1.54) is 0 Å². The quantitative estimate of drug-likeness (QED) is 0.838. The molecule has 0 aromatic heterocycles. The molecule has 1 amide bonds. The molecule has 1 aliphatic rings. The SMILES string of the molecule is CCNCc1ccccc1NC(=O)C1CC1(C)C. The van der Waals surface area contributed by atoms with E-state index in [4.69, 9.17) is 0 Å². The maximum atomic E-state index is 12.1. The molecule has 0 saturated heterocycles. The van der Waals surface area contributed by atoms with Gasteiger partial charge >= 0.3 is 0 Å². The normalized spacial score (nSPS) is 20.5. The summed E-state index contributed by atoms with van der Waals surface area (Å²) in [6.07, 6.45) is 0.994. The molecule has 1 aromatic rings. The first-order chi connectivity index (χ1) is 8.54. The summed E-state index contributed by atoms with van der Waals surface area (Å²) < 4.78 is 0. The number of amides is 1. The first-order valence-electron chi connectivity index (χ1n) is 6.64. The Bertz CT molecular complexity index is 440. The lowest BCUT2D eigenvalue weighted by atomic mass is 10.1. The molecule has 3 heteroatoms. The van der Waals surface area contributed by atoms with Crippen LogP contribution in [0, 0.1) is 11.3 Å². The molecule has 0 heterocycles. The number of hydrogen-bond acceptors (Lipinski definition) is 2. The molecular formula is C15H22N2O. The first-order valence-corrected chi connectivity index (χ1v) is 6.64. The second-order valence-electron chi connectivity index (χ2n) is 5.67. The smallest absolute Gasteiger partial charge is 0.228 e. The van der Waals surface area contributed by atoms with Gasteiger partial charge in [-0.3, -0.25) is 4.79 Å². The Morgan fingerprint density at radius 1 is 1.39 bits per heavy atom. The molecular weight excluding hydrogens is 224 g/mol. The minimum absolute atomic E-state index is 0.156. The van der Waals surface area contributed by atoms with Crippen molar-refractivity contribution in [3.63, 3.8) is 0 Å². The molecule has 0 radical (unpaired) electrons. The second-order valence-corrected chi connectivity index (χ2v) is 5.67. The van der Waals surface area contributed by atoms with Crippen molar-refractivity contribution in [2.75, 3.05) is 11.9 Å². The summed E-state index contributed by atoms with van der Waals surface area (Å²) in [5.74, 6) is 0.327. The molecule has 2 N–H and O–H groups in total. The third-order valence-electron chi connectivity index (χ3n) is 3.67. The number of nitrogens with one attached hydrogen (secondary N) is 2. The summed E-state index contributed by atoms with van der Waals surface area (Å²) in [6.45, 7) is 8.08. The predicted molar refractivity (Wildman–Crippen MR) is 74.3 cm³/mol. The van der Waals surface area contributed by atoms with Crippen molar-refractivity contribution in [3.8, 4) is 0 Å². The molecule has 18 heavy (non-hydrogen) atoms. The molecule has 1 fully saturated rings. The Morgan fingerprint density at radius 2 is 2.06 bits per heavy atom. The van der Waals surface area contributed by atoms with Crippen molar-refractivity contribution in [3.05, 3.63) is 29.8 Å². The van der Waals surface area contributed by atoms with Gasteiger partial charge in [0.05, 0.1) is 0 Å². The summed E-state index contributed by atoms with van der Waals surface area (Å²) in [6, 6.07) is 7.99. The molecule has 1 saturated carbocycles. The summed E-state index contributed by atoms with van der Waals surface area (Å²) in [7, 11) is 0. The van der Waals surface area contributed by atoms with E-state index in [0.29, 0.717) is 0 Å². The van der Waals surface area contributed by atoms with Gasteiger partial charge in [-0.1, -0.05) is 39.0 Å². The highest BCUT2D eigenvalue weighted by Gasteiger charge is 2.50. The van der Waals surface area contributed by atoms with Crippen molar-refractivity contribution >= 4 is 11.6 Å². The number of para-hydroxylation sites is 1. The van der Waals surface area contributed by atoms with Gasteiger partial charge in [0.1, 0.15) is 0 Å². The highest BCUT2D eigenvalue weighted by molar-refractivity contribution is 5.95. The van der Waals surface area contributed by atoms with Crippen LogP contribution in [0.5, 0.6) is 0 Å². The maximum absolute atomic E-state index is 12.1. The van der Waals surface area contributed by atoms with Crippen LogP contribution in [0.2, 0.25) is 0 Å². The van der Waals surface area contributed by atoms with E-state index in [-0.39, 0.29) is 17.2 Å². The molecule has 1 aromatic carbocycles. The highest BCUT2D eigenvalue weighted by Crippen LogP contribution is 2.52. The van der Waals surface area contributed by atoms with Gasteiger partial charge in [0.15, 0.2) is 0 Å². The molecule has 1 atom stereocenters. The molecule has 3 nitrogen and oxygen atoms in total. The van der Waals surface area contributed by atoms with Gasteiger partial charge in [-0.25, -0.2) is 0 Å². The average molecular weight is 246 g/mol. The van der Waals surface area contributed by atoms with Crippen molar-refractivity contribution in [2.45, 2.75) is 33.7 Å². The van der Waals surface area contributed by atoms with Crippen LogP contribution in [0.1, 0.15) is 32.8 Å². The Kier molecular flexibility index (Phi) is 3.71. The van der Waals surface area contributed by atoms with Crippen LogP contribution in [0.4, 0.5) is 5.69 Å². The van der Waals surface area contributed by atoms with Gasteiger partial charge in [-0.05, 0) is 30.0 Å². The molecule has 0 spiro atoms. The van der Waals surface area contributed by atoms with E-state index in [0.717, 1.165) is 30.8 Å². The Morgan fingerprint density at radius 3 is 2.67 bits per heavy atom. The number of anilines is 1. The lowest BCUT2D eigenvalue weighted by Crippen LogP contribution is -2.19. The summed E-state index contributed by atoms with van der Waals surface area (Å²) in [4.78, 5) is 12.1. The molecule has 0 bridgehead atoms. The fourth-order valence-corrected chi connectivity index (χ4v) is 2.19. The third kappa shape index (κ3) is 2.91. The minimum atomic E-state index is 0.156. The first kappa shape index (κ1) is 13.1. The zero-order valence-corrected chi connectivity index (χ0v) is 11.4. The maximum Gasteiger partial charge on any atom is 0.228 e. The predicted octanol–water partition coefficient (Wildman–Crippen LogP) is 2.78. The topological polar surface area (TPSA) is 41.1 Å². The van der Waals surface area contributed by atoms with Gasteiger partial charge in [0.2, 0.25) is 5.91 Å². The van der Waals surface area contributed by atoms with Gasteiger partial charge in [0, 0.05) is 18.2 Å². The number of carbonyl (C=O) groups excluding carboxylic acids is 1. The van der Waals surface area contributed by atoms with Crippen LogP contribution >= 0.6 is 0 Å². The fourth-order valence-electron chi connectivity index (χ4n) is 2.19. The minimum Gasteiger partial charge on any atom is -0.326 e. The Hall–Kier alpha value is -1.35. The van der Waals surface area contributed by atoms with E-state index in [2.05, 4.69) is 37.5 Å². The summed E-state index contributed by atoms with van der Waals surface area (Å²) >= 11 is 0. The largest absolute Gasteiger partial charge is 0.326 e. The van der Waals surface area contributed by atoms with Crippen LogP contribution in [0.15, 0.2) is 24.3 Å². The van der Waals surface area contributed by atoms with Crippen molar-refractivity contribution in [1.82, 2.24) is 5.32 Å². The van der Waals surface area contributed by atoms with Crippen LogP contribution in [0.25, 0.3) is 0 Å². The van der Waals surface area contributed by atoms with E-state index in [1.54, 1.807) is 0 Å². The van der Waals surface area contributed by atoms with Crippen molar-refractivity contribution in [2.24, 2.45) is 11.3 Å². The van der Waals surface area contributed by atoms with Crippen molar-refractivity contribution in [1.29, 1.82) is 0 Å². The van der Waals surface area contributed by atoms with E-state index in [9.17, 15) is 4.79 Å². The highest BCUT2D eigenvalue weighted by atomic mass is 16.2. The molecule has 1 aliphatic carbocycles. The Balaban J connectivity index is 2.02. The monoisotopic (exact) mass is 246 g/mol. The van der Waals surface area contributed by atoms with Crippen molar-refractivity contribution < 1.29 is 4.79 Å². The summed E-state index contributed by atoms with van der Waals surface area (Å²) in [5, 5.41) is 6.35.